The molecule has 0 aromatic carbocycles. The summed E-state index contributed by atoms with van der Waals surface area (Å²) in [4.78, 5) is 10.4. The first kappa shape index (κ1) is 16.6. The predicted octanol–water partition coefficient (Wildman–Crippen LogP) is 3.28. The summed E-state index contributed by atoms with van der Waals surface area (Å²) in [6.45, 7) is 8.58. The van der Waals surface area contributed by atoms with Gasteiger partial charge in [-0.2, -0.15) is 16.9 Å². The third kappa shape index (κ3) is 3.63. The molecule has 0 spiro atoms. The zero-order valence-corrected chi connectivity index (χ0v) is 15.3. The molecule has 0 aliphatic carbocycles. The molecule has 5 nitrogen and oxygen atoms in total. The van der Waals surface area contributed by atoms with Crippen molar-refractivity contribution in [3.8, 4) is 0 Å². The average Bonchev–Trinajstić information content (AvgIpc) is 3.14. The minimum absolute atomic E-state index is 0.0876. The first-order valence-electron chi connectivity index (χ1n) is 8.29. The molecule has 1 aliphatic heterocycles. The number of H-pyrrole nitrogens is 2. The van der Waals surface area contributed by atoms with Crippen LogP contribution in [0.15, 0.2) is 12.4 Å². The van der Waals surface area contributed by atoms with Crippen LogP contribution in [0.25, 0.3) is 0 Å². The van der Waals surface area contributed by atoms with E-state index < -0.39 is 0 Å². The number of hydrogen-bond donors (Lipinski definition) is 2. The zero-order chi connectivity index (χ0) is 16.4. The number of rotatable bonds is 5. The van der Waals surface area contributed by atoms with Crippen LogP contribution in [0.4, 0.5) is 0 Å². The first-order valence-corrected chi connectivity index (χ1v) is 9.68. The van der Waals surface area contributed by atoms with Gasteiger partial charge in [-0.1, -0.05) is 20.8 Å². The zero-order valence-electron chi connectivity index (χ0n) is 14.5. The van der Waals surface area contributed by atoms with Crippen molar-refractivity contribution >= 4 is 11.8 Å². The van der Waals surface area contributed by atoms with Gasteiger partial charge in [0.1, 0.15) is 0 Å². The van der Waals surface area contributed by atoms with E-state index in [2.05, 4.69) is 58.2 Å². The molecule has 126 valence electrons. The van der Waals surface area contributed by atoms with Gasteiger partial charge in [0.25, 0.3) is 0 Å². The van der Waals surface area contributed by atoms with E-state index in [9.17, 15) is 0 Å². The molecule has 1 unspecified atom stereocenters. The third-order valence-corrected chi connectivity index (χ3v) is 5.17. The second-order valence-corrected chi connectivity index (χ2v) is 8.30. The van der Waals surface area contributed by atoms with Gasteiger partial charge in [0.15, 0.2) is 0 Å². The molecule has 1 aliphatic rings. The van der Waals surface area contributed by atoms with E-state index in [1.54, 1.807) is 0 Å². The molecule has 6 heteroatoms. The van der Waals surface area contributed by atoms with E-state index in [4.69, 9.17) is 0 Å². The van der Waals surface area contributed by atoms with Gasteiger partial charge in [-0.15, -0.1) is 0 Å². The maximum absolute atomic E-state index is 4.60. The lowest BCUT2D eigenvalue weighted by Crippen LogP contribution is -2.35. The van der Waals surface area contributed by atoms with Crippen LogP contribution in [0, 0.1) is 0 Å². The number of thioether (sulfide) groups is 1. The lowest BCUT2D eigenvalue weighted by atomic mass is 9.92. The Bertz CT molecular complexity index is 639. The van der Waals surface area contributed by atoms with Gasteiger partial charge in [-0.3, -0.25) is 10.00 Å². The van der Waals surface area contributed by atoms with E-state index in [0.29, 0.717) is 6.04 Å². The maximum Gasteiger partial charge on any atom is 0.0925 e. The average molecular weight is 334 g/mol. The number of imidazole rings is 1. The van der Waals surface area contributed by atoms with Crippen molar-refractivity contribution in [1.29, 1.82) is 0 Å². The summed E-state index contributed by atoms with van der Waals surface area (Å²) < 4.78 is 0. The Kier molecular flexibility index (Phi) is 4.82. The number of nitrogens with zero attached hydrogens (tertiary/aromatic N) is 3. The molecular weight excluding hydrogens is 306 g/mol. The molecular formula is C17H27N5S. The quantitative estimate of drug-likeness (QED) is 0.881. The fraction of sp³-hybridized carbons (Fsp3) is 0.647. The van der Waals surface area contributed by atoms with Crippen molar-refractivity contribution < 1.29 is 0 Å². The highest BCUT2D eigenvalue weighted by atomic mass is 32.2. The Labute approximate surface area is 142 Å². The van der Waals surface area contributed by atoms with E-state index in [-0.39, 0.29) is 5.41 Å². The van der Waals surface area contributed by atoms with E-state index in [1.807, 2.05) is 18.1 Å². The maximum atomic E-state index is 4.60. The highest BCUT2D eigenvalue weighted by molar-refractivity contribution is 7.98. The summed E-state index contributed by atoms with van der Waals surface area (Å²) in [5.74, 6) is 1.16. The highest BCUT2D eigenvalue weighted by Crippen LogP contribution is 2.32. The Hall–Kier alpha value is -1.27. The smallest absolute Gasteiger partial charge is 0.0925 e. The number of hydrogen-bond acceptors (Lipinski definition) is 4. The van der Waals surface area contributed by atoms with Gasteiger partial charge >= 0.3 is 0 Å². The normalized spacial score (nSPS) is 19.0. The minimum Gasteiger partial charge on any atom is -0.348 e. The molecule has 1 atom stereocenters. The fourth-order valence-electron chi connectivity index (χ4n) is 3.19. The second-order valence-electron chi connectivity index (χ2n) is 7.31. The molecule has 0 saturated carbocycles. The largest absolute Gasteiger partial charge is 0.348 e. The van der Waals surface area contributed by atoms with Crippen molar-refractivity contribution in [3.63, 3.8) is 0 Å². The fourth-order valence-corrected chi connectivity index (χ4v) is 3.65. The lowest BCUT2D eigenvalue weighted by molar-refractivity contribution is 0.166. The first-order chi connectivity index (χ1) is 11.0. The summed E-state index contributed by atoms with van der Waals surface area (Å²) >= 11 is 1.90. The summed E-state index contributed by atoms with van der Waals surface area (Å²) in [5, 5.41) is 7.73. The van der Waals surface area contributed by atoms with Crippen LogP contribution in [0.2, 0.25) is 0 Å². The Morgan fingerprint density at radius 3 is 2.91 bits per heavy atom. The third-order valence-electron chi connectivity index (χ3n) is 4.53. The van der Waals surface area contributed by atoms with Gasteiger partial charge in [0, 0.05) is 36.3 Å². The van der Waals surface area contributed by atoms with Gasteiger partial charge in [-0.05, 0) is 24.5 Å². The molecule has 0 bridgehead atoms. The number of aromatic nitrogens is 4. The summed E-state index contributed by atoms with van der Waals surface area (Å²) in [5.41, 5.74) is 4.96. The molecule has 0 radical (unpaired) electrons. The molecule has 23 heavy (non-hydrogen) atoms. The van der Waals surface area contributed by atoms with Gasteiger partial charge in [0.2, 0.25) is 0 Å². The van der Waals surface area contributed by atoms with Crippen molar-refractivity contribution in [2.24, 2.45) is 0 Å². The summed E-state index contributed by atoms with van der Waals surface area (Å²) in [7, 11) is 0. The lowest BCUT2D eigenvalue weighted by Gasteiger charge is -2.34. The van der Waals surface area contributed by atoms with Crippen molar-refractivity contribution in [3.05, 3.63) is 35.2 Å². The van der Waals surface area contributed by atoms with Crippen LogP contribution in [0.1, 0.15) is 56.0 Å². The Morgan fingerprint density at radius 2 is 2.22 bits per heavy atom. The van der Waals surface area contributed by atoms with Crippen molar-refractivity contribution in [2.75, 3.05) is 18.6 Å². The van der Waals surface area contributed by atoms with Gasteiger partial charge in [0.05, 0.1) is 23.8 Å². The Morgan fingerprint density at radius 1 is 1.39 bits per heavy atom. The molecule has 0 amide bonds. The SMILES string of the molecule is CSCCC1c2nc[nH]c2CCN1Cc1cc(C(C)(C)C)n[nH]1. The predicted molar refractivity (Wildman–Crippen MR) is 95.7 cm³/mol. The molecule has 0 fully saturated rings. The van der Waals surface area contributed by atoms with Gasteiger partial charge < -0.3 is 4.98 Å². The number of fused-ring (bicyclic) bond motifs is 1. The summed E-state index contributed by atoms with van der Waals surface area (Å²) in [6.07, 6.45) is 6.20. The van der Waals surface area contributed by atoms with Crippen LogP contribution in [-0.4, -0.2) is 43.6 Å². The molecule has 0 saturated heterocycles. The molecule has 3 heterocycles. The topological polar surface area (TPSA) is 60.6 Å². The van der Waals surface area contributed by atoms with E-state index in [0.717, 1.165) is 37.4 Å². The highest BCUT2D eigenvalue weighted by Gasteiger charge is 2.29. The second kappa shape index (κ2) is 6.69. The molecule has 2 aromatic rings. The van der Waals surface area contributed by atoms with Crippen molar-refractivity contribution in [1.82, 2.24) is 25.1 Å². The molecule has 2 N–H and O–H groups in total. The standard InChI is InChI=1S/C17H27N5S/c1-17(2,3)15-9-12(20-21-15)10-22-7-5-13-16(19-11-18-13)14(22)6-8-23-4/h9,11,14H,5-8,10H2,1-4H3,(H,18,19)(H,20,21). The minimum atomic E-state index is 0.0876. The van der Waals surface area contributed by atoms with Crippen LogP contribution in [0.5, 0.6) is 0 Å². The monoisotopic (exact) mass is 333 g/mol. The molecule has 3 rings (SSSR count). The van der Waals surface area contributed by atoms with Crippen LogP contribution in [0.3, 0.4) is 0 Å². The van der Waals surface area contributed by atoms with Gasteiger partial charge in [-0.25, -0.2) is 4.98 Å². The summed E-state index contributed by atoms with van der Waals surface area (Å²) in [6, 6.07) is 2.62. The van der Waals surface area contributed by atoms with E-state index >= 15 is 0 Å². The Balaban J connectivity index is 1.77. The van der Waals surface area contributed by atoms with Crippen LogP contribution in [-0.2, 0) is 18.4 Å². The van der Waals surface area contributed by atoms with Crippen molar-refractivity contribution in [2.45, 2.75) is 51.6 Å². The number of nitrogens with one attached hydrogen (secondary N) is 2. The van der Waals surface area contributed by atoms with Crippen LogP contribution < -0.4 is 0 Å². The van der Waals surface area contributed by atoms with E-state index in [1.165, 1.54) is 17.1 Å². The number of aromatic amines is 2. The van der Waals surface area contributed by atoms with Crippen LogP contribution >= 0.6 is 11.8 Å². The molecule has 2 aromatic heterocycles.